The second kappa shape index (κ2) is 21.8. The molecule has 0 bridgehead atoms. The largest absolute Gasteiger partial charge is 0.497 e. The summed E-state index contributed by atoms with van der Waals surface area (Å²) < 4.78 is 136. The average molecular weight is 1210 g/mol. The summed E-state index contributed by atoms with van der Waals surface area (Å²) in [5.74, 6) is -1.76. The third kappa shape index (κ3) is 12.1. The van der Waals surface area contributed by atoms with Gasteiger partial charge in [-0.25, -0.2) is 35.2 Å². The standard InChI is InChI=1S/C24H27BFNO7S.C18H15BrFNO5S.C12H24B2O4/c1-23(2)24(3,4)34-25(33-23)17-12-16-19(13-18(17)27(5)35(7,29)30)32-21(20(16)22(28)31-6)14-8-10-15(26)11-9-14;1-21(27(3,23)24)14-9-15-12(8-13(14)19)16(18(22)25-2)17(26-15)10-4-6-11(20)7-5-10;1-9(2)10(3,4)16-13(15-9)14-17-11(5,6)12(7,8)18-14/h8-13H,1-7H3;4-9H,1-3H3;1-8H3. The van der Waals surface area contributed by atoms with Crippen molar-refractivity contribution in [2.45, 2.75) is 117 Å². The van der Waals surface area contributed by atoms with E-state index in [4.69, 9.17) is 46.2 Å². The van der Waals surface area contributed by atoms with Crippen molar-refractivity contribution in [2.24, 2.45) is 0 Å². The van der Waals surface area contributed by atoms with E-state index in [0.717, 1.165) is 21.1 Å². The Morgan fingerprint density at radius 2 is 0.825 bits per heavy atom. The van der Waals surface area contributed by atoms with E-state index < -0.39 is 76.0 Å². The molecule has 80 heavy (non-hydrogen) atoms. The van der Waals surface area contributed by atoms with Crippen LogP contribution in [0.4, 0.5) is 20.2 Å². The number of fused-ring (bicyclic) bond motifs is 2. The van der Waals surface area contributed by atoms with Crippen molar-refractivity contribution in [3.8, 4) is 22.6 Å². The number of furan rings is 2. The summed E-state index contributed by atoms with van der Waals surface area (Å²) in [4.78, 5) is 25.2. The first-order valence-corrected chi connectivity index (χ1v) is 29.7. The third-order valence-corrected chi connectivity index (χ3v) is 18.6. The van der Waals surface area contributed by atoms with Crippen LogP contribution >= 0.6 is 15.9 Å². The highest BCUT2D eigenvalue weighted by atomic mass is 79.9. The molecule has 5 heterocycles. The first-order valence-electron chi connectivity index (χ1n) is 25.2. The molecule has 0 spiro atoms. The second-order valence-corrected chi connectivity index (χ2v) is 27.5. The zero-order valence-corrected chi connectivity index (χ0v) is 51.3. The van der Waals surface area contributed by atoms with E-state index in [2.05, 4.69) is 15.9 Å². The number of methoxy groups -OCH3 is 2. The van der Waals surface area contributed by atoms with Gasteiger partial charge < -0.3 is 46.2 Å². The van der Waals surface area contributed by atoms with E-state index in [1.54, 1.807) is 12.1 Å². The SMILES string of the molecule is CC1(C)OB(B2OC(C)(C)C(C)(C)O2)OC1(C)C.COC(=O)c1c(-c2ccc(F)cc2)oc2cc(N(C)S(C)(=O)=O)c(B3OC(C)(C)C(C)(C)O3)cc12.COC(=O)c1c(-c2ccc(F)cc2)oc2cc(N(C)S(C)(=O)=O)c(Br)cc12. The van der Waals surface area contributed by atoms with Gasteiger partial charge in [0.25, 0.3) is 0 Å². The van der Waals surface area contributed by atoms with Gasteiger partial charge in [0, 0.05) is 58.1 Å². The summed E-state index contributed by atoms with van der Waals surface area (Å²) in [5.41, 5.74) is -0.00250. The summed E-state index contributed by atoms with van der Waals surface area (Å²) >= 11 is 3.34. The van der Waals surface area contributed by atoms with Crippen LogP contribution in [0.5, 0.6) is 0 Å². The molecular formula is C54H66B3BrF2N2O16S2. The number of ether oxygens (including phenoxy) is 2. The van der Waals surface area contributed by atoms with Crippen molar-refractivity contribution in [3.63, 3.8) is 0 Å². The van der Waals surface area contributed by atoms with E-state index >= 15 is 0 Å². The Morgan fingerprint density at radius 3 is 1.16 bits per heavy atom. The van der Waals surface area contributed by atoms with Gasteiger partial charge in [-0.1, -0.05) is 0 Å². The van der Waals surface area contributed by atoms with E-state index in [0.29, 0.717) is 43.1 Å². The van der Waals surface area contributed by atoms with Gasteiger partial charge in [-0.05, 0) is 160 Å². The average Bonchev–Trinajstić information content (AvgIpc) is 4.32. The first-order chi connectivity index (χ1) is 36.7. The topological polar surface area (TPSA) is 209 Å². The van der Waals surface area contributed by atoms with E-state index in [-0.39, 0.29) is 56.3 Å². The zero-order chi connectivity index (χ0) is 59.8. The molecule has 9 rings (SSSR count). The fourth-order valence-corrected chi connectivity index (χ4v) is 10.3. The minimum Gasteiger partial charge on any atom is -0.465 e. The van der Waals surface area contributed by atoms with Crippen molar-refractivity contribution in [2.75, 3.05) is 49.4 Å². The molecule has 0 N–H and O–H groups in total. The van der Waals surface area contributed by atoms with Gasteiger partial charge in [0.2, 0.25) is 20.0 Å². The number of hydrogen-bond acceptors (Lipinski definition) is 16. The van der Waals surface area contributed by atoms with Crippen LogP contribution in [0.25, 0.3) is 44.6 Å². The quantitative estimate of drug-likeness (QED) is 0.0923. The number of rotatable bonds is 10. The number of carbonyl (C=O) groups is 2. The van der Waals surface area contributed by atoms with E-state index in [9.17, 15) is 35.2 Å². The summed E-state index contributed by atoms with van der Waals surface area (Å²) in [6.45, 7) is 23.7. The Labute approximate surface area is 475 Å². The van der Waals surface area contributed by atoms with Crippen LogP contribution in [0.2, 0.25) is 0 Å². The molecule has 3 fully saturated rings. The number of sulfonamides is 2. The normalized spacial score (nSPS) is 18.6. The lowest BCUT2D eigenvalue weighted by molar-refractivity contribution is 0.00578. The summed E-state index contributed by atoms with van der Waals surface area (Å²) in [5, 5.41) is 0.824. The Kier molecular flexibility index (Phi) is 17.0. The summed E-state index contributed by atoms with van der Waals surface area (Å²) in [6.07, 6.45) is 2.16. The highest BCUT2D eigenvalue weighted by Crippen LogP contribution is 2.45. The van der Waals surface area contributed by atoms with Crippen molar-refractivity contribution in [3.05, 3.63) is 100 Å². The molecule has 0 atom stereocenters. The van der Waals surface area contributed by atoms with Gasteiger partial charge in [-0.2, -0.15) is 0 Å². The van der Waals surface area contributed by atoms with Gasteiger partial charge in [0.1, 0.15) is 45.4 Å². The van der Waals surface area contributed by atoms with E-state index in [1.165, 1.54) is 89.0 Å². The molecule has 0 aliphatic carbocycles. The van der Waals surface area contributed by atoms with Crippen LogP contribution in [0.3, 0.4) is 0 Å². The lowest BCUT2D eigenvalue weighted by atomic mass is 9.49. The maximum atomic E-state index is 13.5. The number of carbonyl (C=O) groups excluding carboxylic acids is 2. The Balaban J connectivity index is 0.000000183. The number of anilines is 2. The smallest absolute Gasteiger partial charge is 0.465 e. The molecule has 26 heteroatoms. The van der Waals surface area contributed by atoms with Crippen LogP contribution in [-0.4, -0.2) is 124 Å². The molecule has 0 unspecified atom stereocenters. The lowest BCUT2D eigenvalue weighted by Gasteiger charge is -2.32. The fourth-order valence-electron chi connectivity index (χ4n) is 8.50. The number of nitrogens with zero attached hydrogens (tertiary/aromatic N) is 2. The van der Waals surface area contributed by atoms with Gasteiger partial charge >= 0.3 is 33.1 Å². The van der Waals surface area contributed by atoms with Crippen LogP contribution in [0.15, 0.2) is 86.1 Å². The predicted molar refractivity (Wildman–Crippen MR) is 308 cm³/mol. The second-order valence-electron chi connectivity index (χ2n) is 22.6. The maximum absolute atomic E-state index is 13.5. The first kappa shape index (κ1) is 62.3. The maximum Gasteiger partial charge on any atom is 0.497 e. The Hall–Kier alpha value is -5.31. The highest BCUT2D eigenvalue weighted by molar-refractivity contribution is 9.10. The molecule has 6 aromatic rings. The molecular weight excluding hydrogens is 1150 g/mol. The number of hydrogen-bond donors (Lipinski definition) is 0. The molecule has 2 aromatic heterocycles. The van der Waals surface area contributed by atoms with Crippen LogP contribution in [0.1, 0.15) is 104 Å². The van der Waals surface area contributed by atoms with Gasteiger partial charge in [-0.3, -0.25) is 8.61 Å². The van der Waals surface area contributed by atoms with E-state index in [1.807, 2.05) is 83.1 Å². The lowest BCUT2D eigenvalue weighted by Crippen LogP contribution is -2.41. The number of benzene rings is 4. The monoisotopic (exact) mass is 1210 g/mol. The van der Waals surface area contributed by atoms with Crippen molar-refractivity contribution >= 4 is 108 Å². The van der Waals surface area contributed by atoms with Crippen LogP contribution < -0.4 is 14.1 Å². The number of halogens is 3. The number of esters is 2. The van der Waals surface area contributed by atoms with Gasteiger partial charge in [0.15, 0.2) is 0 Å². The zero-order valence-electron chi connectivity index (χ0n) is 48.0. The summed E-state index contributed by atoms with van der Waals surface area (Å²) in [6, 6.07) is 17.2. The molecule has 0 amide bonds. The molecule has 0 saturated carbocycles. The summed E-state index contributed by atoms with van der Waals surface area (Å²) in [7, 11) is -3.72. The van der Waals surface area contributed by atoms with Crippen molar-refractivity contribution < 1.29 is 81.4 Å². The Morgan fingerprint density at radius 1 is 0.512 bits per heavy atom. The predicted octanol–water partition coefficient (Wildman–Crippen LogP) is 10.2. The molecule has 3 saturated heterocycles. The molecule has 18 nitrogen and oxygen atoms in total. The minimum absolute atomic E-state index is 0.125. The molecule has 3 aliphatic heterocycles. The Bertz CT molecular complexity index is 3510. The van der Waals surface area contributed by atoms with Crippen molar-refractivity contribution in [1.29, 1.82) is 0 Å². The highest BCUT2D eigenvalue weighted by Gasteiger charge is 2.64. The molecule has 0 radical (unpaired) electrons. The van der Waals surface area contributed by atoms with Crippen LogP contribution in [0, 0.1) is 11.6 Å². The molecule has 430 valence electrons. The fraction of sp³-hybridized carbons (Fsp3) is 0.444. The van der Waals surface area contributed by atoms with Crippen LogP contribution in [-0.2, 0) is 57.4 Å². The third-order valence-electron chi connectivity index (χ3n) is 15.5. The van der Waals surface area contributed by atoms with Gasteiger partial charge in [0.05, 0.1) is 71.7 Å². The van der Waals surface area contributed by atoms with Crippen molar-refractivity contribution in [1.82, 2.24) is 0 Å². The molecule has 4 aromatic carbocycles. The minimum atomic E-state index is -3.67. The van der Waals surface area contributed by atoms with Gasteiger partial charge in [-0.15, -0.1) is 0 Å². The molecule has 3 aliphatic rings.